The number of amides is 1. The molecule has 2 aromatic carbocycles. The van der Waals surface area contributed by atoms with Crippen molar-refractivity contribution in [1.82, 2.24) is 10.2 Å². The zero-order chi connectivity index (χ0) is 19.9. The van der Waals surface area contributed by atoms with Gasteiger partial charge in [-0.3, -0.25) is 9.69 Å². The lowest BCUT2D eigenvalue weighted by Crippen LogP contribution is -2.38. The van der Waals surface area contributed by atoms with E-state index in [9.17, 15) is 9.18 Å². The molecule has 3 rings (SSSR count). The number of ether oxygens (including phenoxy) is 2. The van der Waals surface area contributed by atoms with Crippen molar-refractivity contribution in [2.75, 3.05) is 33.4 Å². The van der Waals surface area contributed by atoms with Gasteiger partial charge < -0.3 is 14.8 Å². The number of likely N-dealkylation sites (tertiary alicyclic amines) is 1. The van der Waals surface area contributed by atoms with E-state index in [4.69, 9.17) is 9.47 Å². The Bertz CT molecular complexity index is 795. The Morgan fingerprint density at radius 3 is 2.57 bits per heavy atom. The van der Waals surface area contributed by atoms with Gasteiger partial charge in [-0.1, -0.05) is 28.1 Å². The highest BCUT2D eigenvalue weighted by Gasteiger charge is 2.24. The first-order valence-corrected chi connectivity index (χ1v) is 10.1. The van der Waals surface area contributed by atoms with Crippen LogP contribution in [0.4, 0.5) is 4.39 Å². The molecule has 0 radical (unpaired) electrons. The summed E-state index contributed by atoms with van der Waals surface area (Å²) in [6.07, 6.45) is 2.32. The number of hydrogen-bond acceptors (Lipinski definition) is 4. The number of benzene rings is 2. The highest BCUT2D eigenvalue weighted by atomic mass is 79.9. The molecule has 2 aromatic rings. The van der Waals surface area contributed by atoms with Gasteiger partial charge in [-0.2, -0.15) is 0 Å². The van der Waals surface area contributed by atoms with Crippen LogP contribution in [-0.2, 0) is 4.79 Å². The van der Waals surface area contributed by atoms with Gasteiger partial charge in [-0.05, 0) is 61.8 Å². The summed E-state index contributed by atoms with van der Waals surface area (Å²) in [4.78, 5) is 14.6. The number of methoxy groups -OCH3 is 1. The van der Waals surface area contributed by atoms with Crippen LogP contribution in [0.5, 0.6) is 11.5 Å². The van der Waals surface area contributed by atoms with Gasteiger partial charge in [0.05, 0.1) is 13.2 Å². The largest absolute Gasteiger partial charge is 0.497 e. The molecule has 1 atom stereocenters. The highest BCUT2D eigenvalue weighted by molar-refractivity contribution is 9.10. The second-order valence-electron chi connectivity index (χ2n) is 6.70. The highest BCUT2D eigenvalue weighted by Crippen LogP contribution is 2.26. The SMILES string of the molecule is COc1ccc([C@H](CNC(=O)COc2ccc(Br)cc2F)N2CCCC2)cc1. The van der Waals surface area contributed by atoms with Crippen LogP contribution in [-0.4, -0.2) is 44.2 Å². The van der Waals surface area contributed by atoms with Crippen LogP contribution in [0, 0.1) is 5.82 Å². The summed E-state index contributed by atoms with van der Waals surface area (Å²) >= 11 is 3.19. The van der Waals surface area contributed by atoms with Crippen molar-refractivity contribution in [3.05, 3.63) is 58.3 Å². The van der Waals surface area contributed by atoms with Crippen molar-refractivity contribution in [3.63, 3.8) is 0 Å². The summed E-state index contributed by atoms with van der Waals surface area (Å²) in [6.45, 7) is 2.26. The standard InChI is InChI=1S/C21H24BrFN2O3/c1-27-17-7-4-15(5-8-17)19(25-10-2-3-11-25)13-24-21(26)14-28-20-9-6-16(22)12-18(20)23/h4-9,12,19H,2-3,10-11,13-14H2,1H3,(H,24,26)/t19-/m0/s1. The lowest BCUT2D eigenvalue weighted by Gasteiger charge is -2.28. The average Bonchev–Trinajstić information content (AvgIpc) is 3.22. The molecule has 1 aliphatic heterocycles. The number of rotatable bonds is 8. The van der Waals surface area contributed by atoms with Crippen molar-refractivity contribution >= 4 is 21.8 Å². The number of carbonyl (C=O) groups excluding carboxylic acids is 1. The van der Waals surface area contributed by atoms with E-state index < -0.39 is 5.82 Å². The Kier molecular flexibility index (Phi) is 7.28. The number of nitrogens with one attached hydrogen (secondary N) is 1. The average molecular weight is 451 g/mol. The molecule has 5 nitrogen and oxygen atoms in total. The second-order valence-corrected chi connectivity index (χ2v) is 7.62. The molecule has 0 spiro atoms. The maximum absolute atomic E-state index is 13.8. The van der Waals surface area contributed by atoms with Crippen molar-refractivity contribution in [1.29, 1.82) is 0 Å². The van der Waals surface area contributed by atoms with Crippen molar-refractivity contribution in [2.24, 2.45) is 0 Å². The van der Waals surface area contributed by atoms with E-state index in [1.807, 2.05) is 24.3 Å². The molecule has 0 unspecified atom stereocenters. The van der Waals surface area contributed by atoms with Gasteiger partial charge in [-0.15, -0.1) is 0 Å². The fourth-order valence-corrected chi connectivity index (χ4v) is 3.67. The van der Waals surface area contributed by atoms with Crippen molar-refractivity contribution in [3.8, 4) is 11.5 Å². The van der Waals surface area contributed by atoms with E-state index in [1.54, 1.807) is 13.2 Å². The molecule has 0 aromatic heterocycles. The first kappa shape index (κ1) is 20.6. The first-order chi connectivity index (χ1) is 13.6. The molecule has 28 heavy (non-hydrogen) atoms. The number of nitrogens with zero attached hydrogens (tertiary/aromatic N) is 1. The van der Waals surface area contributed by atoms with Crippen molar-refractivity contribution in [2.45, 2.75) is 18.9 Å². The number of hydrogen-bond donors (Lipinski definition) is 1. The fraction of sp³-hybridized carbons (Fsp3) is 0.381. The van der Waals surface area contributed by atoms with Crippen LogP contribution in [0.25, 0.3) is 0 Å². The van der Waals surface area contributed by atoms with Crippen LogP contribution in [0.2, 0.25) is 0 Å². The summed E-state index contributed by atoms with van der Waals surface area (Å²) in [5, 5.41) is 2.92. The maximum Gasteiger partial charge on any atom is 0.258 e. The smallest absolute Gasteiger partial charge is 0.258 e. The summed E-state index contributed by atoms with van der Waals surface area (Å²) in [7, 11) is 1.64. The van der Waals surface area contributed by atoms with Crippen LogP contribution < -0.4 is 14.8 Å². The maximum atomic E-state index is 13.8. The van der Waals surface area contributed by atoms with Gasteiger partial charge in [0, 0.05) is 11.0 Å². The lowest BCUT2D eigenvalue weighted by molar-refractivity contribution is -0.123. The second kappa shape index (κ2) is 9.89. The topological polar surface area (TPSA) is 50.8 Å². The van der Waals surface area contributed by atoms with E-state index in [0.29, 0.717) is 11.0 Å². The van der Waals surface area contributed by atoms with Gasteiger partial charge in [0.1, 0.15) is 5.75 Å². The third kappa shape index (κ3) is 5.45. The Morgan fingerprint density at radius 2 is 1.93 bits per heavy atom. The molecule has 150 valence electrons. The Balaban J connectivity index is 1.58. The minimum absolute atomic E-state index is 0.0598. The third-order valence-electron chi connectivity index (χ3n) is 4.83. The number of carbonyl (C=O) groups is 1. The fourth-order valence-electron chi connectivity index (χ4n) is 3.33. The molecular formula is C21H24BrFN2O3. The third-order valence-corrected chi connectivity index (χ3v) is 5.32. The molecule has 0 saturated carbocycles. The van der Waals surface area contributed by atoms with E-state index in [-0.39, 0.29) is 24.3 Å². The minimum atomic E-state index is -0.504. The summed E-state index contributed by atoms with van der Waals surface area (Å²) in [5.74, 6) is 0.0813. The Hall–Kier alpha value is -2.12. The van der Waals surface area contributed by atoms with Crippen LogP contribution in [0.1, 0.15) is 24.4 Å². The monoisotopic (exact) mass is 450 g/mol. The molecule has 1 aliphatic rings. The van der Waals surface area contributed by atoms with Gasteiger partial charge in [-0.25, -0.2) is 4.39 Å². The Morgan fingerprint density at radius 1 is 1.21 bits per heavy atom. The quantitative estimate of drug-likeness (QED) is 0.661. The molecule has 7 heteroatoms. The minimum Gasteiger partial charge on any atom is -0.497 e. The van der Waals surface area contributed by atoms with Gasteiger partial charge in [0.2, 0.25) is 0 Å². The van der Waals surface area contributed by atoms with Gasteiger partial charge >= 0.3 is 0 Å². The molecule has 0 bridgehead atoms. The van der Waals surface area contributed by atoms with E-state index in [0.717, 1.165) is 37.2 Å². The molecule has 1 amide bonds. The van der Waals surface area contributed by atoms with Crippen molar-refractivity contribution < 1.29 is 18.7 Å². The molecular weight excluding hydrogens is 427 g/mol. The van der Waals surface area contributed by atoms with Gasteiger partial charge in [0.15, 0.2) is 18.2 Å². The number of halogens is 2. The summed E-state index contributed by atoms with van der Waals surface area (Å²) in [5.41, 5.74) is 1.13. The molecule has 0 aliphatic carbocycles. The summed E-state index contributed by atoms with van der Waals surface area (Å²) in [6, 6.07) is 12.5. The first-order valence-electron chi connectivity index (χ1n) is 9.29. The Labute approximate surface area is 172 Å². The van der Waals surface area contributed by atoms with Gasteiger partial charge in [0.25, 0.3) is 5.91 Å². The van der Waals surface area contributed by atoms with Crippen LogP contribution in [0.15, 0.2) is 46.9 Å². The molecule has 1 heterocycles. The van der Waals surface area contributed by atoms with Crippen LogP contribution in [0.3, 0.4) is 0 Å². The zero-order valence-electron chi connectivity index (χ0n) is 15.8. The predicted molar refractivity (Wildman–Crippen MR) is 109 cm³/mol. The molecule has 1 saturated heterocycles. The predicted octanol–water partition coefficient (Wildman–Crippen LogP) is 3.93. The summed E-state index contributed by atoms with van der Waals surface area (Å²) < 4.78 is 25.0. The lowest BCUT2D eigenvalue weighted by atomic mass is 10.1. The van der Waals surface area contributed by atoms with E-state index in [1.165, 1.54) is 12.1 Å². The van der Waals surface area contributed by atoms with E-state index >= 15 is 0 Å². The van der Waals surface area contributed by atoms with Crippen LogP contribution >= 0.6 is 15.9 Å². The molecule has 1 N–H and O–H groups in total. The normalized spacial score (nSPS) is 15.2. The molecule has 1 fully saturated rings. The van der Waals surface area contributed by atoms with E-state index in [2.05, 4.69) is 26.1 Å². The zero-order valence-corrected chi connectivity index (χ0v) is 17.4.